The molecule has 0 radical (unpaired) electrons. The van der Waals surface area contributed by atoms with E-state index in [9.17, 15) is 9.59 Å². The van der Waals surface area contributed by atoms with E-state index in [-0.39, 0.29) is 18.0 Å². The predicted molar refractivity (Wildman–Crippen MR) is 57.9 cm³/mol. The fraction of sp³-hybridized carbons (Fsp3) is 0.818. The largest absolute Gasteiger partial charge is 0.465 e. The maximum atomic E-state index is 11.6. The minimum Gasteiger partial charge on any atom is -0.465 e. The summed E-state index contributed by atoms with van der Waals surface area (Å²) < 4.78 is 9.73. The molecule has 1 unspecified atom stereocenters. The molecule has 5 heteroatoms. The summed E-state index contributed by atoms with van der Waals surface area (Å²) in [6, 6.07) is 0. The first kappa shape index (κ1) is 12.8. The van der Waals surface area contributed by atoms with Crippen LogP contribution >= 0.6 is 0 Å². The van der Waals surface area contributed by atoms with Crippen molar-refractivity contribution in [2.45, 2.75) is 20.3 Å². The molecule has 1 saturated heterocycles. The van der Waals surface area contributed by atoms with Crippen molar-refractivity contribution in [2.75, 3.05) is 26.8 Å². The average molecular weight is 229 g/mol. The molecule has 5 nitrogen and oxygen atoms in total. The Morgan fingerprint density at radius 3 is 2.69 bits per heavy atom. The molecular weight excluding hydrogens is 210 g/mol. The average Bonchev–Trinajstić information content (AvgIpc) is 2.74. The molecule has 0 aromatic carbocycles. The van der Waals surface area contributed by atoms with Crippen molar-refractivity contribution in [1.29, 1.82) is 0 Å². The minimum atomic E-state index is -0.376. The van der Waals surface area contributed by atoms with E-state index in [1.165, 1.54) is 12.0 Å². The number of esters is 1. The van der Waals surface area contributed by atoms with Gasteiger partial charge in [-0.3, -0.25) is 4.79 Å². The van der Waals surface area contributed by atoms with Crippen molar-refractivity contribution >= 4 is 12.1 Å². The van der Waals surface area contributed by atoms with Crippen LogP contribution in [0.5, 0.6) is 0 Å². The lowest BCUT2D eigenvalue weighted by molar-refractivity contribution is -0.149. The van der Waals surface area contributed by atoms with Crippen molar-refractivity contribution < 1.29 is 19.1 Å². The van der Waals surface area contributed by atoms with Gasteiger partial charge in [-0.2, -0.15) is 0 Å². The van der Waals surface area contributed by atoms with Crippen LogP contribution in [-0.2, 0) is 14.3 Å². The van der Waals surface area contributed by atoms with Crippen LogP contribution in [0, 0.1) is 11.8 Å². The molecule has 1 rings (SSSR count). The summed E-state index contributed by atoms with van der Waals surface area (Å²) in [5.41, 5.74) is 0. The van der Waals surface area contributed by atoms with E-state index >= 15 is 0 Å². The highest BCUT2D eigenvalue weighted by Crippen LogP contribution is 2.18. The standard InChI is InChI=1S/C11H19NO4/c1-8(2)7-16-10(13)9-4-5-12(6-9)11(14)15-3/h8-9H,4-7H2,1-3H3. The zero-order valence-corrected chi connectivity index (χ0v) is 10.1. The number of carbonyl (C=O) groups excluding carboxylic acids is 2. The number of methoxy groups -OCH3 is 1. The van der Waals surface area contributed by atoms with Crippen LogP contribution in [0.25, 0.3) is 0 Å². The number of likely N-dealkylation sites (tertiary alicyclic amines) is 1. The number of amides is 1. The summed E-state index contributed by atoms with van der Waals surface area (Å²) >= 11 is 0. The maximum Gasteiger partial charge on any atom is 0.409 e. The molecule has 0 spiro atoms. The highest BCUT2D eigenvalue weighted by Gasteiger charge is 2.32. The van der Waals surface area contributed by atoms with Crippen molar-refractivity contribution in [2.24, 2.45) is 11.8 Å². The van der Waals surface area contributed by atoms with Gasteiger partial charge in [0.2, 0.25) is 0 Å². The second kappa shape index (κ2) is 5.72. The van der Waals surface area contributed by atoms with Gasteiger partial charge in [0, 0.05) is 13.1 Å². The third-order valence-corrected chi connectivity index (χ3v) is 2.51. The maximum absolute atomic E-state index is 11.6. The van der Waals surface area contributed by atoms with Crippen LogP contribution in [0.4, 0.5) is 4.79 Å². The van der Waals surface area contributed by atoms with Crippen LogP contribution in [0.3, 0.4) is 0 Å². The van der Waals surface area contributed by atoms with Crippen molar-refractivity contribution in [3.05, 3.63) is 0 Å². The molecule has 1 aliphatic heterocycles. The second-order valence-electron chi connectivity index (χ2n) is 4.43. The lowest BCUT2D eigenvalue weighted by Crippen LogP contribution is -2.30. The number of carbonyl (C=O) groups is 2. The molecule has 0 N–H and O–H groups in total. The molecule has 1 heterocycles. The molecule has 1 fully saturated rings. The van der Waals surface area contributed by atoms with E-state index in [2.05, 4.69) is 4.74 Å². The molecule has 1 aliphatic rings. The van der Waals surface area contributed by atoms with Gasteiger partial charge >= 0.3 is 12.1 Å². The molecule has 0 aromatic heterocycles. The van der Waals surface area contributed by atoms with Crippen molar-refractivity contribution in [1.82, 2.24) is 4.90 Å². The molecule has 92 valence electrons. The van der Waals surface area contributed by atoms with Crippen LogP contribution < -0.4 is 0 Å². The Kier molecular flexibility index (Phi) is 4.58. The monoisotopic (exact) mass is 229 g/mol. The smallest absolute Gasteiger partial charge is 0.409 e. The van der Waals surface area contributed by atoms with Crippen LogP contribution in [0.1, 0.15) is 20.3 Å². The molecule has 0 aliphatic carbocycles. The fourth-order valence-electron chi connectivity index (χ4n) is 1.61. The number of hydrogen-bond acceptors (Lipinski definition) is 4. The number of nitrogens with zero attached hydrogens (tertiary/aromatic N) is 1. The quantitative estimate of drug-likeness (QED) is 0.684. The fourth-order valence-corrected chi connectivity index (χ4v) is 1.61. The molecule has 0 bridgehead atoms. The molecule has 16 heavy (non-hydrogen) atoms. The summed E-state index contributed by atoms with van der Waals surface area (Å²) in [6.07, 6.45) is 0.283. The third-order valence-electron chi connectivity index (χ3n) is 2.51. The van der Waals surface area contributed by atoms with Crippen LogP contribution in [0.15, 0.2) is 0 Å². The first-order chi connectivity index (χ1) is 7.54. The van der Waals surface area contributed by atoms with E-state index in [1.807, 2.05) is 13.8 Å². The zero-order chi connectivity index (χ0) is 12.1. The molecule has 1 atom stereocenters. The zero-order valence-electron chi connectivity index (χ0n) is 10.1. The van der Waals surface area contributed by atoms with Crippen molar-refractivity contribution in [3.63, 3.8) is 0 Å². The minimum absolute atomic E-state index is 0.196. The van der Waals surface area contributed by atoms with Gasteiger partial charge in [-0.25, -0.2) is 4.79 Å². The summed E-state index contributed by atoms with van der Waals surface area (Å²) in [5, 5.41) is 0. The van der Waals surface area contributed by atoms with Gasteiger partial charge in [-0.05, 0) is 12.3 Å². The molecule has 1 amide bonds. The highest BCUT2D eigenvalue weighted by atomic mass is 16.5. The second-order valence-corrected chi connectivity index (χ2v) is 4.43. The Bertz CT molecular complexity index is 265. The van der Waals surface area contributed by atoms with E-state index in [0.29, 0.717) is 32.0 Å². The first-order valence-corrected chi connectivity index (χ1v) is 5.54. The lowest BCUT2D eigenvalue weighted by Gasteiger charge is -2.14. The normalized spacial score (nSPS) is 20.0. The Hall–Kier alpha value is -1.26. The predicted octanol–water partition coefficient (Wildman–Crippen LogP) is 1.27. The van der Waals surface area contributed by atoms with E-state index in [4.69, 9.17) is 4.74 Å². The Labute approximate surface area is 95.7 Å². The summed E-state index contributed by atoms with van der Waals surface area (Å²) in [5.74, 6) is -0.0694. The van der Waals surface area contributed by atoms with E-state index in [1.54, 1.807) is 0 Å². The molecule has 0 aromatic rings. The molecule has 0 saturated carbocycles. The van der Waals surface area contributed by atoms with Gasteiger partial charge in [0.1, 0.15) is 0 Å². The number of hydrogen-bond donors (Lipinski definition) is 0. The van der Waals surface area contributed by atoms with Gasteiger partial charge in [0.25, 0.3) is 0 Å². The lowest BCUT2D eigenvalue weighted by atomic mass is 10.1. The Morgan fingerprint density at radius 2 is 2.12 bits per heavy atom. The van der Waals surface area contributed by atoms with Gasteiger partial charge in [-0.1, -0.05) is 13.8 Å². The highest BCUT2D eigenvalue weighted by molar-refractivity contribution is 5.75. The Morgan fingerprint density at radius 1 is 1.44 bits per heavy atom. The van der Waals surface area contributed by atoms with Gasteiger partial charge in [0.15, 0.2) is 0 Å². The molecular formula is C11H19NO4. The summed E-state index contributed by atoms with van der Waals surface area (Å²) in [7, 11) is 1.34. The van der Waals surface area contributed by atoms with Gasteiger partial charge in [-0.15, -0.1) is 0 Å². The van der Waals surface area contributed by atoms with Crippen molar-refractivity contribution in [3.8, 4) is 0 Å². The third kappa shape index (κ3) is 3.40. The number of rotatable bonds is 3. The SMILES string of the molecule is COC(=O)N1CCC(C(=O)OCC(C)C)C1. The van der Waals surface area contributed by atoms with E-state index in [0.717, 1.165) is 0 Å². The summed E-state index contributed by atoms with van der Waals surface area (Å²) in [4.78, 5) is 24.3. The van der Waals surface area contributed by atoms with Gasteiger partial charge < -0.3 is 14.4 Å². The van der Waals surface area contributed by atoms with Gasteiger partial charge in [0.05, 0.1) is 19.6 Å². The number of ether oxygens (including phenoxy) is 2. The van der Waals surface area contributed by atoms with Crippen LogP contribution in [-0.4, -0.2) is 43.8 Å². The topological polar surface area (TPSA) is 55.8 Å². The first-order valence-electron chi connectivity index (χ1n) is 5.54. The summed E-state index contributed by atoms with van der Waals surface area (Å²) in [6.45, 7) is 5.39. The van der Waals surface area contributed by atoms with Crippen LogP contribution in [0.2, 0.25) is 0 Å². The Balaban J connectivity index is 2.35. The van der Waals surface area contributed by atoms with E-state index < -0.39 is 0 Å².